The van der Waals surface area contributed by atoms with Crippen LogP contribution < -0.4 is 5.32 Å². The molecule has 1 aliphatic heterocycles. The molecule has 1 aliphatic carbocycles. The van der Waals surface area contributed by atoms with Gasteiger partial charge in [0, 0.05) is 17.5 Å². The van der Waals surface area contributed by atoms with Crippen LogP contribution >= 0.6 is 11.3 Å². The Labute approximate surface area is 114 Å². The maximum absolute atomic E-state index is 6.32. The summed E-state index contributed by atoms with van der Waals surface area (Å²) in [5.41, 5.74) is 0.276. The number of hydrogen-bond donors (Lipinski definition) is 1. The van der Waals surface area contributed by atoms with Crippen molar-refractivity contribution in [1.29, 1.82) is 0 Å². The third kappa shape index (κ3) is 2.63. The molecule has 2 atom stereocenters. The SMILES string of the molecule is C[C@H](NCC1CCC2(CCCC2)O1)c1cccs1. The molecular formula is C15H23NOS. The molecule has 1 spiro atoms. The van der Waals surface area contributed by atoms with Gasteiger partial charge in [-0.15, -0.1) is 11.3 Å². The molecule has 2 nitrogen and oxygen atoms in total. The Kier molecular flexibility index (Phi) is 3.73. The van der Waals surface area contributed by atoms with E-state index in [4.69, 9.17) is 4.74 Å². The molecule has 2 fully saturated rings. The van der Waals surface area contributed by atoms with Gasteiger partial charge in [0.15, 0.2) is 0 Å². The van der Waals surface area contributed by atoms with Crippen molar-refractivity contribution in [1.82, 2.24) is 5.32 Å². The molecule has 0 radical (unpaired) electrons. The van der Waals surface area contributed by atoms with E-state index in [9.17, 15) is 0 Å². The van der Waals surface area contributed by atoms with Crippen molar-refractivity contribution in [2.75, 3.05) is 6.54 Å². The van der Waals surface area contributed by atoms with Crippen LogP contribution in [0, 0.1) is 0 Å². The first-order chi connectivity index (χ1) is 8.77. The average Bonchev–Trinajstić information content (AvgIpc) is 3.09. The van der Waals surface area contributed by atoms with Gasteiger partial charge in [-0.1, -0.05) is 18.9 Å². The normalized spacial score (nSPS) is 27.9. The Hall–Kier alpha value is -0.380. The maximum atomic E-state index is 6.32. The Morgan fingerprint density at radius 3 is 3.00 bits per heavy atom. The zero-order chi connectivity index (χ0) is 12.4. The molecule has 0 amide bonds. The Morgan fingerprint density at radius 2 is 2.28 bits per heavy atom. The van der Waals surface area contributed by atoms with Crippen molar-refractivity contribution in [3.63, 3.8) is 0 Å². The van der Waals surface area contributed by atoms with E-state index in [-0.39, 0.29) is 5.60 Å². The zero-order valence-corrected chi connectivity index (χ0v) is 12.0. The topological polar surface area (TPSA) is 21.3 Å². The minimum absolute atomic E-state index is 0.276. The van der Waals surface area contributed by atoms with Crippen LogP contribution in [0.1, 0.15) is 56.4 Å². The third-order valence-corrected chi connectivity index (χ3v) is 5.53. The quantitative estimate of drug-likeness (QED) is 0.891. The van der Waals surface area contributed by atoms with Crippen molar-refractivity contribution in [2.24, 2.45) is 0 Å². The standard InChI is InChI=1S/C15H23NOS/c1-12(14-5-4-10-18-14)16-11-13-6-9-15(17-13)7-2-3-8-15/h4-5,10,12-13,16H,2-3,6-9,11H2,1H3/t12-,13?/m0/s1. The lowest BCUT2D eigenvalue weighted by molar-refractivity contribution is -0.0357. The highest BCUT2D eigenvalue weighted by Crippen LogP contribution is 2.43. The van der Waals surface area contributed by atoms with Crippen LogP contribution in [0.15, 0.2) is 17.5 Å². The van der Waals surface area contributed by atoms with Gasteiger partial charge in [-0.05, 0) is 44.1 Å². The number of thiophene rings is 1. The lowest BCUT2D eigenvalue weighted by Gasteiger charge is -2.24. The fourth-order valence-electron chi connectivity index (χ4n) is 3.37. The van der Waals surface area contributed by atoms with Crippen LogP contribution in [-0.4, -0.2) is 18.2 Å². The second kappa shape index (κ2) is 5.32. The smallest absolute Gasteiger partial charge is 0.0708 e. The molecule has 1 saturated heterocycles. The summed E-state index contributed by atoms with van der Waals surface area (Å²) in [5, 5.41) is 5.76. The monoisotopic (exact) mass is 265 g/mol. The molecule has 1 aromatic rings. The summed E-state index contributed by atoms with van der Waals surface area (Å²) in [6.07, 6.45) is 8.29. The number of hydrogen-bond acceptors (Lipinski definition) is 3. The Morgan fingerprint density at radius 1 is 1.44 bits per heavy atom. The Bertz CT molecular complexity index is 370. The summed E-state index contributed by atoms with van der Waals surface area (Å²) in [5.74, 6) is 0. The highest BCUT2D eigenvalue weighted by molar-refractivity contribution is 7.10. The van der Waals surface area contributed by atoms with Gasteiger partial charge in [0.05, 0.1) is 11.7 Å². The first kappa shape index (κ1) is 12.6. The molecule has 0 aromatic carbocycles. The minimum atomic E-state index is 0.276. The van der Waals surface area contributed by atoms with Gasteiger partial charge in [-0.3, -0.25) is 0 Å². The van der Waals surface area contributed by atoms with Crippen molar-refractivity contribution in [3.05, 3.63) is 22.4 Å². The van der Waals surface area contributed by atoms with Crippen LogP contribution in [-0.2, 0) is 4.74 Å². The van der Waals surface area contributed by atoms with Gasteiger partial charge >= 0.3 is 0 Å². The fraction of sp³-hybridized carbons (Fsp3) is 0.733. The highest BCUT2D eigenvalue weighted by atomic mass is 32.1. The summed E-state index contributed by atoms with van der Waals surface area (Å²) in [4.78, 5) is 1.42. The van der Waals surface area contributed by atoms with E-state index >= 15 is 0 Å². The van der Waals surface area contributed by atoms with Gasteiger partial charge in [0.25, 0.3) is 0 Å². The van der Waals surface area contributed by atoms with Crippen molar-refractivity contribution >= 4 is 11.3 Å². The van der Waals surface area contributed by atoms with E-state index in [0.717, 1.165) is 6.54 Å². The van der Waals surface area contributed by atoms with E-state index in [2.05, 4.69) is 29.8 Å². The van der Waals surface area contributed by atoms with Crippen LogP contribution in [0.3, 0.4) is 0 Å². The van der Waals surface area contributed by atoms with Gasteiger partial charge in [0.2, 0.25) is 0 Å². The first-order valence-electron chi connectivity index (χ1n) is 7.22. The highest BCUT2D eigenvalue weighted by Gasteiger charge is 2.41. The van der Waals surface area contributed by atoms with Crippen LogP contribution in [0.4, 0.5) is 0 Å². The predicted molar refractivity (Wildman–Crippen MR) is 76.0 cm³/mol. The Balaban J connectivity index is 1.47. The summed E-state index contributed by atoms with van der Waals surface area (Å²) >= 11 is 1.83. The first-order valence-corrected chi connectivity index (χ1v) is 8.10. The van der Waals surface area contributed by atoms with Crippen molar-refractivity contribution < 1.29 is 4.74 Å². The molecular weight excluding hydrogens is 242 g/mol. The van der Waals surface area contributed by atoms with Gasteiger partial charge in [-0.2, -0.15) is 0 Å². The summed E-state index contributed by atoms with van der Waals surface area (Å²) < 4.78 is 6.32. The number of nitrogens with one attached hydrogen (secondary N) is 1. The van der Waals surface area contributed by atoms with E-state index in [1.54, 1.807) is 0 Å². The molecule has 1 N–H and O–H groups in total. The number of ether oxygens (including phenoxy) is 1. The average molecular weight is 265 g/mol. The van der Waals surface area contributed by atoms with Crippen molar-refractivity contribution in [3.8, 4) is 0 Å². The van der Waals surface area contributed by atoms with Crippen LogP contribution in [0.25, 0.3) is 0 Å². The summed E-state index contributed by atoms with van der Waals surface area (Å²) in [7, 11) is 0. The minimum Gasteiger partial charge on any atom is -0.370 e. The van der Waals surface area contributed by atoms with E-state index in [1.807, 2.05) is 11.3 Å². The van der Waals surface area contributed by atoms with E-state index in [1.165, 1.54) is 43.4 Å². The van der Waals surface area contributed by atoms with E-state index < -0.39 is 0 Å². The molecule has 1 unspecified atom stereocenters. The zero-order valence-electron chi connectivity index (χ0n) is 11.2. The molecule has 100 valence electrons. The molecule has 18 heavy (non-hydrogen) atoms. The van der Waals surface area contributed by atoms with Gasteiger partial charge in [-0.25, -0.2) is 0 Å². The van der Waals surface area contributed by atoms with Gasteiger partial charge < -0.3 is 10.1 Å². The van der Waals surface area contributed by atoms with Crippen molar-refractivity contribution in [2.45, 2.75) is 63.2 Å². The fourth-order valence-corrected chi connectivity index (χ4v) is 4.13. The van der Waals surface area contributed by atoms with Crippen LogP contribution in [0.5, 0.6) is 0 Å². The molecule has 0 bridgehead atoms. The van der Waals surface area contributed by atoms with E-state index in [0.29, 0.717) is 12.1 Å². The molecule has 3 heteroatoms. The molecule has 2 aliphatic rings. The lowest BCUT2D eigenvalue weighted by atomic mass is 9.98. The third-order valence-electron chi connectivity index (χ3n) is 4.48. The molecule has 1 aromatic heterocycles. The largest absolute Gasteiger partial charge is 0.370 e. The van der Waals surface area contributed by atoms with Gasteiger partial charge in [0.1, 0.15) is 0 Å². The molecule has 1 saturated carbocycles. The summed E-state index contributed by atoms with van der Waals surface area (Å²) in [6.45, 7) is 3.24. The maximum Gasteiger partial charge on any atom is 0.0708 e. The molecule has 3 rings (SSSR count). The second-order valence-electron chi connectivity index (χ2n) is 5.81. The lowest BCUT2D eigenvalue weighted by Crippen LogP contribution is -2.32. The van der Waals surface area contributed by atoms with Crippen LogP contribution in [0.2, 0.25) is 0 Å². The molecule has 2 heterocycles. The number of rotatable bonds is 4. The second-order valence-corrected chi connectivity index (χ2v) is 6.79. The summed E-state index contributed by atoms with van der Waals surface area (Å²) in [6, 6.07) is 4.78. The predicted octanol–water partition coefficient (Wildman–Crippen LogP) is 3.89.